The molecule has 0 aromatic carbocycles. The van der Waals surface area contributed by atoms with Crippen molar-refractivity contribution < 1.29 is 9.59 Å². The van der Waals surface area contributed by atoms with Crippen LogP contribution in [0.15, 0.2) is 18.3 Å². The molecule has 1 aromatic rings. The van der Waals surface area contributed by atoms with E-state index in [9.17, 15) is 9.59 Å². The second kappa shape index (κ2) is 6.59. The maximum atomic E-state index is 12.8. The van der Waals surface area contributed by atoms with E-state index in [1.807, 2.05) is 24.0 Å². The molecule has 146 valence electrons. The molecule has 0 bridgehead atoms. The van der Waals surface area contributed by atoms with Gasteiger partial charge < -0.3 is 15.1 Å². The van der Waals surface area contributed by atoms with Crippen LogP contribution in [0, 0.1) is 23.7 Å². The molecule has 1 N–H and O–H groups in total. The average molecular weight is 370 g/mol. The first-order valence-electron chi connectivity index (χ1n) is 10.0. The summed E-state index contributed by atoms with van der Waals surface area (Å²) in [5.74, 6) is 0.683. The number of likely N-dealkylation sites (tertiary alicyclic amines) is 2. The van der Waals surface area contributed by atoms with E-state index in [2.05, 4.69) is 22.2 Å². The van der Waals surface area contributed by atoms with Gasteiger partial charge in [-0.3, -0.25) is 14.6 Å². The fraction of sp³-hybridized carbons (Fsp3) is 0.667. The number of nitrogens with one attached hydrogen (secondary N) is 1. The lowest BCUT2D eigenvalue weighted by atomic mass is 9.65. The van der Waals surface area contributed by atoms with E-state index in [-0.39, 0.29) is 22.6 Å². The Balaban J connectivity index is 1.49. The molecular weight excluding hydrogens is 340 g/mol. The van der Waals surface area contributed by atoms with Crippen molar-refractivity contribution in [3.63, 3.8) is 0 Å². The summed E-state index contributed by atoms with van der Waals surface area (Å²) in [6.45, 7) is 5.32. The van der Waals surface area contributed by atoms with Crippen molar-refractivity contribution in [1.82, 2.24) is 20.1 Å². The minimum Gasteiger partial charge on any atom is -0.359 e. The van der Waals surface area contributed by atoms with E-state index in [4.69, 9.17) is 0 Å². The predicted octanol–water partition coefficient (Wildman–Crippen LogP) is 1.70. The largest absolute Gasteiger partial charge is 0.359 e. The van der Waals surface area contributed by atoms with Crippen LogP contribution in [0.3, 0.4) is 0 Å². The molecule has 2 atom stereocenters. The second-order valence-corrected chi connectivity index (χ2v) is 8.83. The smallest absolute Gasteiger partial charge is 0.255 e. The Bertz CT molecular complexity index is 739. The SMILES string of the molecule is CNC(=O)[C@@]12CCC3(CCN(C(=O)c4ccc(C)nc4)CC3)[C@@H]1CN(C)C2. The topological polar surface area (TPSA) is 65.5 Å². The van der Waals surface area contributed by atoms with Gasteiger partial charge in [0.1, 0.15) is 0 Å². The molecule has 1 aliphatic carbocycles. The molecule has 2 saturated heterocycles. The van der Waals surface area contributed by atoms with Crippen molar-refractivity contribution in [2.24, 2.45) is 16.7 Å². The minimum atomic E-state index is -0.240. The maximum absolute atomic E-state index is 12.8. The summed E-state index contributed by atoms with van der Waals surface area (Å²) in [6.07, 6.45) is 5.75. The molecule has 3 fully saturated rings. The lowest BCUT2D eigenvalue weighted by Gasteiger charge is -2.44. The third kappa shape index (κ3) is 2.85. The van der Waals surface area contributed by atoms with E-state index in [0.29, 0.717) is 11.5 Å². The fourth-order valence-corrected chi connectivity index (χ4v) is 5.95. The van der Waals surface area contributed by atoms with Crippen molar-refractivity contribution in [2.45, 2.75) is 32.6 Å². The molecule has 27 heavy (non-hydrogen) atoms. The first-order chi connectivity index (χ1) is 12.9. The fourth-order valence-electron chi connectivity index (χ4n) is 5.95. The standard InChI is InChI=1S/C21H30N4O2/c1-15-4-5-16(12-23-15)18(26)25-10-8-20(9-11-25)6-7-21(19(27)22-2)14-24(3)13-17(20)21/h4-5,12,17H,6-11,13-14H2,1-3H3,(H,22,27)/t17-,21+/m0/s1. The molecule has 2 aliphatic heterocycles. The molecule has 0 radical (unpaired) electrons. The van der Waals surface area contributed by atoms with Crippen LogP contribution in [-0.4, -0.2) is 66.9 Å². The van der Waals surface area contributed by atoms with Crippen LogP contribution < -0.4 is 5.32 Å². The number of aromatic nitrogens is 1. The van der Waals surface area contributed by atoms with Gasteiger partial charge in [0, 0.05) is 45.1 Å². The van der Waals surface area contributed by atoms with Gasteiger partial charge in [0.05, 0.1) is 11.0 Å². The number of hydrogen-bond donors (Lipinski definition) is 1. The number of carbonyl (C=O) groups is 2. The van der Waals surface area contributed by atoms with Gasteiger partial charge in [-0.2, -0.15) is 0 Å². The van der Waals surface area contributed by atoms with E-state index in [0.717, 1.165) is 57.6 Å². The summed E-state index contributed by atoms with van der Waals surface area (Å²) in [5, 5.41) is 2.93. The molecule has 2 amide bonds. The van der Waals surface area contributed by atoms with E-state index in [1.54, 1.807) is 13.2 Å². The van der Waals surface area contributed by atoms with Crippen molar-refractivity contribution in [3.05, 3.63) is 29.6 Å². The van der Waals surface area contributed by atoms with Crippen LogP contribution in [0.5, 0.6) is 0 Å². The Hall–Kier alpha value is -1.95. The van der Waals surface area contributed by atoms with Crippen LogP contribution in [0.2, 0.25) is 0 Å². The van der Waals surface area contributed by atoms with Gasteiger partial charge >= 0.3 is 0 Å². The average Bonchev–Trinajstić information content (AvgIpc) is 3.17. The molecule has 4 rings (SSSR count). The van der Waals surface area contributed by atoms with Crippen LogP contribution in [0.25, 0.3) is 0 Å². The van der Waals surface area contributed by atoms with Crippen molar-refractivity contribution in [3.8, 4) is 0 Å². The Morgan fingerprint density at radius 3 is 2.56 bits per heavy atom. The van der Waals surface area contributed by atoms with Gasteiger partial charge in [0.15, 0.2) is 0 Å². The summed E-state index contributed by atoms with van der Waals surface area (Å²) in [4.78, 5) is 34.1. The highest BCUT2D eigenvalue weighted by molar-refractivity contribution is 5.94. The number of amides is 2. The lowest BCUT2D eigenvalue weighted by Crippen LogP contribution is -2.49. The zero-order valence-corrected chi connectivity index (χ0v) is 16.6. The van der Waals surface area contributed by atoms with Crippen molar-refractivity contribution in [2.75, 3.05) is 40.3 Å². The molecule has 0 unspecified atom stereocenters. The third-order valence-electron chi connectivity index (χ3n) is 7.41. The highest BCUT2D eigenvalue weighted by atomic mass is 16.2. The zero-order valence-electron chi connectivity index (χ0n) is 16.6. The van der Waals surface area contributed by atoms with Crippen LogP contribution in [0.1, 0.15) is 41.7 Å². The number of hydrogen-bond acceptors (Lipinski definition) is 4. The number of nitrogens with zero attached hydrogens (tertiary/aromatic N) is 3. The zero-order chi connectivity index (χ0) is 19.2. The van der Waals surface area contributed by atoms with Crippen LogP contribution >= 0.6 is 0 Å². The van der Waals surface area contributed by atoms with Crippen molar-refractivity contribution in [1.29, 1.82) is 0 Å². The first-order valence-corrected chi connectivity index (χ1v) is 10.0. The van der Waals surface area contributed by atoms with Gasteiger partial charge in [-0.15, -0.1) is 0 Å². The number of carbonyl (C=O) groups excluding carboxylic acids is 2. The Morgan fingerprint density at radius 2 is 1.93 bits per heavy atom. The minimum absolute atomic E-state index is 0.0800. The number of rotatable bonds is 2. The van der Waals surface area contributed by atoms with Gasteiger partial charge in [-0.1, -0.05) is 0 Å². The van der Waals surface area contributed by atoms with E-state index < -0.39 is 0 Å². The molecule has 1 saturated carbocycles. The molecule has 3 heterocycles. The Kier molecular flexibility index (Phi) is 4.49. The van der Waals surface area contributed by atoms with Gasteiger partial charge in [-0.25, -0.2) is 0 Å². The summed E-state index contributed by atoms with van der Waals surface area (Å²) < 4.78 is 0. The summed E-state index contributed by atoms with van der Waals surface area (Å²) >= 11 is 0. The molecule has 3 aliphatic rings. The number of pyridine rings is 1. The Labute approximate surface area is 161 Å². The molecule has 6 nitrogen and oxygen atoms in total. The quantitative estimate of drug-likeness (QED) is 0.861. The highest BCUT2D eigenvalue weighted by Gasteiger charge is 2.63. The van der Waals surface area contributed by atoms with Gasteiger partial charge in [0.25, 0.3) is 5.91 Å². The summed E-state index contributed by atoms with van der Waals surface area (Å²) in [6, 6.07) is 3.76. The summed E-state index contributed by atoms with van der Waals surface area (Å²) in [7, 11) is 3.88. The van der Waals surface area contributed by atoms with Gasteiger partial charge in [0.2, 0.25) is 5.91 Å². The van der Waals surface area contributed by atoms with Gasteiger partial charge in [-0.05, 0) is 63.1 Å². The molecular formula is C21H30N4O2. The maximum Gasteiger partial charge on any atom is 0.255 e. The second-order valence-electron chi connectivity index (χ2n) is 8.83. The highest BCUT2D eigenvalue weighted by Crippen LogP contribution is 2.61. The molecule has 1 spiro atoms. The predicted molar refractivity (Wildman–Crippen MR) is 103 cm³/mol. The molecule has 1 aromatic heterocycles. The van der Waals surface area contributed by atoms with E-state index in [1.165, 1.54) is 0 Å². The molecule has 6 heteroatoms. The first kappa shape index (κ1) is 18.4. The number of fused-ring (bicyclic) bond motifs is 2. The summed E-state index contributed by atoms with van der Waals surface area (Å²) in [5.41, 5.74) is 1.55. The lowest BCUT2D eigenvalue weighted by molar-refractivity contribution is -0.132. The third-order valence-corrected chi connectivity index (χ3v) is 7.41. The van der Waals surface area contributed by atoms with E-state index >= 15 is 0 Å². The normalized spacial score (nSPS) is 29.7. The monoisotopic (exact) mass is 370 g/mol. The van der Waals surface area contributed by atoms with Crippen LogP contribution in [0.4, 0.5) is 0 Å². The Morgan fingerprint density at radius 1 is 1.19 bits per heavy atom. The van der Waals surface area contributed by atoms with Crippen molar-refractivity contribution >= 4 is 11.8 Å². The van der Waals surface area contributed by atoms with Crippen LogP contribution in [-0.2, 0) is 4.79 Å². The number of aryl methyl sites for hydroxylation is 1. The number of piperidine rings is 1.